The van der Waals surface area contributed by atoms with Crippen molar-refractivity contribution in [1.29, 1.82) is 0 Å². The first-order valence-electron chi connectivity index (χ1n) is 7.86. The lowest BCUT2D eigenvalue weighted by Crippen LogP contribution is -2.28. The Hall–Kier alpha value is -0.340. The molecule has 2 unspecified atom stereocenters. The molecule has 0 aliphatic carbocycles. The maximum absolute atomic E-state index is 5.70. The van der Waals surface area contributed by atoms with Crippen molar-refractivity contribution < 1.29 is 9.47 Å². The highest BCUT2D eigenvalue weighted by Crippen LogP contribution is 2.30. The third kappa shape index (κ3) is 5.66. The molecule has 0 aromatic carbocycles. The Morgan fingerprint density at radius 1 is 1.42 bits per heavy atom. The van der Waals surface area contributed by atoms with E-state index in [0.717, 1.165) is 19.6 Å². The van der Waals surface area contributed by atoms with Crippen molar-refractivity contribution in [2.24, 2.45) is 17.8 Å². The fourth-order valence-electron chi connectivity index (χ4n) is 2.97. The van der Waals surface area contributed by atoms with Crippen LogP contribution in [-0.4, -0.2) is 26.4 Å². The summed E-state index contributed by atoms with van der Waals surface area (Å²) in [4.78, 5) is 0. The molecule has 2 nitrogen and oxygen atoms in total. The van der Waals surface area contributed by atoms with Crippen LogP contribution in [0.3, 0.4) is 0 Å². The van der Waals surface area contributed by atoms with Crippen molar-refractivity contribution in [3.05, 3.63) is 12.2 Å². The van der Waals surface area contributed by atoms with Crippen LogP contribution in [0.15, 0.2) is 12.2 Å². The Labute approximate surface area is 119 Å². The molecule has 1 fully saturated rings. The second-order valence-corrected chi connectivity index (χ2v) is 6.33. The predicted octanol–water partition coefficient (Wildman–Crippen LogP) is 4.45. The van der Waals surface area contributed by atoms with E-state index in [4.69, 9.17) is 9.47 Å². The van der Waals surface area contributed by atoms with Gasteiger partial charge < -0.3 is 9.47 Å². The van der Waals surface area contributed by atoms with Gasteiger partial charge in [-0.2, -0.15) is 0 Å². The van der Waals surface area contributed by atoms with Crippen molar-refractivity contribution in [2.75, 3.05) is 20.3 Å². The summed E-state index contributed by atoms with van der Waals surface area (Å²) in [5.41, 5.74) is 1.32. The lowest BCUT2D eigenvalue weighted by atomic mass is 9.84. The first-order chi connectivity index (χ1) is 9.08. The van der Waals surface area contributed by atoms with E-state index in [0.29, 0.717) is 23.9 Å². The lowest BCUT2D eigenvalue weighted by molar-refractivity contribution is 0.0221. The van der Waals surface area contributed by atoms with Crippen molar-refractivity contribution >= 4 is 0 Å². The molecule has 0 spiro atoms. The largest absolute Gasteiger partial charge is 0.381 e. The Morgan fingerprint density at radius 3 is 2.74 bits per heavy atom. The molecule has 0 aromatic rings. The Kier molecular flexibility index (Phi) is 7.70. The van der Waals surface area contributed by atoms with E-state index < -0.39 is 0 Å². The van der Waals surface area contributed by atoms with Gasteiger partial charge in [0.1, 0.15) is 0 Å². The Bertz CT molecular complexity index is 262. The minimum absolute atomic E-state index is 0.316. The summed E-state index contributed by atoms with van der Waals surface area (Å²) < 4.78 is 11.4. The maximum Gasteiger partial charge on any atom is 0.0633 e. The number of hydrogen-bond acceptors (Lipinski definition) is 2. The second kappa shape index (κ2) is 8.76. The molecule has 2 heteroatoms. The van der Waals surface area contributed by atoms with Gasteiger partial charge in [0.15, 0.2) is 0 Å². The highest BCUT2D eigenvalue weighted by Gasteiger charge is 2.25. The van der Waals surface area contributed by atoms with Gasteiger partial charge in [0.25, 0.3) is 0 Å². The molecule has 0 N–H and O–H groups in total. The molecule has 1 saturated heterocycles. The van der Waals surface area contributed by atoms with Crippen molar-refractivity contribution in [2.45, 2.75) is 59.0 Å². The molecule has 4 atom stereocenters. The van der Waals surface area contributed by atoms with E-state index in [2.05, 4.69) is 27.4 Å². The molecule has 0 radical (unpaired) electrons. The molecule has 0 saturated carbocycles. The predicted molar refractivity (Wildman–Crippen MR) is 81.3 cm³/mol. The zero-order chi connectivity index (χ0) is 14.3. The first kappa shape index (κ1) is 16.7. The van der Waals surface area contributed by atoms with Crippen LogP contribution in [0.4, 0.5) is 0 Å². The molecule has 0 bridgehead atoms. The van der Waals surface area contributed by atoms with Gasteiger partial charge in [-0.1, -0.05) is 45.8 Å². The molecule has 1 heterocycles. The molecular weight excluding hydrogens is 236 g/mol. The standard InChI is InChI=1S/C17H32O2/c1-6-7-8-14(3)17(18-5)10-15(4)16-9-13(2)11-19-12-16/h13-14,16-17H,4,6-12H2,1-3,5H3/t13-,14?,16?,17+/m1/s1. The van der Waals surface area contributed by atoms with Crippen LogP contribution in [0.2, 0.25) is 0 Å². The van der Waals surface area contributed by atoms with E-state index in [1.54, 1.807) is 0 Å². The van der Waals surface area contributed by atoms with Crippen LogP contribution in [0.5, 0.6) is 0 Å². The van der Waals surface area contributed by atoms with Crippen molar-refractivity contribution in [3.63, 3.8) is 0 Å². The normalized spacial score (nSPS) is 26.9. The zero-order valence-corrected chi connectivity index (χ0v) is 13.3. The average Bonchev–Trinajstić information content (AvgIpc) is 2.41. The fraction of sp³-hybridized carbons (Fsp3) is 0.882. The molecule has 112 valence electrons. The van der Waals surface area contributed by atoms with Gasteiger partial charge in [0.2, 0.25) is 0 Å². The molecule has 0 amide bonds. The molecule has 1 aliphatic heterocycles. The number of methoxy groups -OCH3 is 1. The molecule has 1 rings (SSSR count). The van der Waals surface area contributed by atoms with Gasteiger partial charge >= 0.3 is 0 Å². The highest BCUT2D eigenvalue weighted by atomic mass is 16.5. The second-order valence-electron chi connectivity index (χ2n) is 6.33. The Balaban J connectivity index is 2.43. The summed E-state index contributed by atoms with van der Waals surface area (Å²) in [6.07, 6.45) is 6.32. The summed E-state index contributed by atoms with van der Waals surface area (Å²) in [5.74, 6) is 1.80. The van der Waals surface area contributed by atoms with Gasteiger partial charge in [-0.15, -0.1) is 0 Å². The number of rotatable bonds is 8. The molecule has 0 aromatic heterocycles. The zero-order valence-electron chi connectivity index (χ0n) is 13.3. The number of unbranched alkanes of at least 4 members (excludes halogenated alkanes) is 1. The topological polar surface area (TPSA) is 18.5 Å². The summed E-state index contributed by atoms with van der Waals surface area (Å²) in [6, 6.07) is 0. The van der Waals surface area contributed by atoms with Crippen LogP contribution in [-0.2, 0) is 9.47 Å². The highest BCUT2D eigenvalue weighted by molar-refractivity contribution is 5.04. The van der Waals surface area contributed by atoms with Crippen LogP contribution < -0.4 is 0 Å². The summed E-state index contributed by atoms with van der Waals surface area (Å²) >= 11 is 0. The van der Waals surface area contributed by atoms with Crippen molar-refractivity contribution in [3.8, 4) is 0 Å². The Morgan fingerprint density at radius 2 is 2.16 bits per heavy atom. The van der Waals surface area contributed by atoms with Gasteiger partial charge in [-0.25, -0.2) is 0 Å². The summed E-state index contributed by atoms with van der Waals surface area (Å²) in [7, 11) is 1.83. The van der Waals surface area contributed by atoms with Crippen molar-refractivity contribution in [1.82, 2.24) is 0 Å². The van der Waals surface area contributed by atoms with Gasteiger partial charge in [-0.05, 0) is 31.1 Å². The minimum atomic E-state index is 0.316. The molecular formula is C17H32O2. The van der Waals surface area contributed by atoms with Gasteiger partial charge in [0, 0.05) is 19.6 Å². The molecule has 19 heavy (non-hydrogen) atoms. The van der Waals surface area contributed by atoms with E-state index in [-0.39, 0.29) is 0 Å². The van der Waals surface area contributed by atoms with E-state index in [1.165, 1.54) is 31.3 Å². The minimum Gasteiger partial charge on any atom is -0.381 e. The van der Waals surface area contributed by atoms with Crippen LogP contribution in [0.1, 0.15) is 52.9 Å². The average molecular weight is 268 g/mol. The van der Waals surface area contributed by atoms with E-state index in [9.17, 15) is 0 Å². The summed E-state index contributed by atoms with van der Waals surface area (Å²) in [6.45, 7) is 12.9. The van der Waals surface area contributed by atoms with Gasteiger partial charge in [-0.3, -0.25) is 0 Å². The maximum atomic E-state index is 5.70. The quantitative estimate of drug-likeness (QED) is 0.606. The molecule has 1 aliphatic rings. The van der Waals surface area contributed by atoms with E-state index >= 15 is 0 Å². The SMILES string of the molecule is C=C(C[C@H](OC)C(C)CCCC)C1COC[C@H](C)C1. The number of hydrogen-bond donors (Lipinski definition) is 0. The number of ether oxygens (including phenoxy) is 2. The van der Waals surface area contributed by atoms with E-state index in [1.807, 2.05) is 7.11 Å². The smallest absolute Gasteiger partial charge is 0.0633 e. The third-order valence-electron chi connectivity index (χ3n) is 4.40. The lowest BCUT2D eigenvalue weighted by Gasteiger charge is -2.31. The van der Waals surface area contributed by atoms with Crippen LogP contribution in [0.25, 0.3) is 0 Å². The van der Waals surface area contributed by atoms with Gasteiger partial charge in [0.05, 0.1) is 12.7 Å². The first-order valence-corrected chi connectivity index (χ1v) is 7.86. The van der Waals surface area contributed by atoms with Crippen LogP contribution >= 0.6 is 0 Å². The third-order valence-corrected chi connectivity index (χ3v) is 4.40. The monoisotopic (exact) mass is 268 g/mol. The fourth-order valence-corrected chi connectivity index (χ4v) is 2.97. The van der Waals surface area contributed by atoms with Crippen LogP contribution in [0, 0.1) is 17.8 Å². The summed E-state index contributed by atoms with van der Waals surface area (Å²) in [5, 5.41) is 0.